The van der Waals surface area contributed by atoms with E-state index in [1.807, 2.05) is 19.1 Å². The van der Waals surface area contributed by atoms with Crippen LogP contribution in [0.4, 0.5) is 0 Å². The summed E-state index contributed by atoms with van der Waals surface area (Å²) in [7, 11) is 1.60. The highest BCUT2D eigenvalue weighted by Crippen LogP contribution is 2.15. The number of rotatable bonds is 6. The molecule has 0 saturated heterocycles. The highest BCUT2D eigenvalue weighted by molar-refractivity contribution is 6.30. The number of carboxylic acid groups (broad SMARTS) is 1. The van der Waals surface area contributed by atoms with Gasteiger partial charge in [0, 0.05) is 5.02 Å². The van der Waals surface area contributed by atoms with Crippen LogP contribution in [0, 0.1) is 0 Å². The minimum atomic E-state index is -0.953. The average molecular weight is 335 g/mol. The van der Waals surface area contributed by atoms with E-state index in [1.54, 1.807) is 19.2 Å². The maximum Gasteiger partial charge on any atom is 0.320 e. The lowest BCUT2D eigenvalue weighted by atomic mass is 10.1. The molecule has 1 aromatic rings. The third kappa shape index (κ3) is 6.33. The lowest BCUT2D eigenvalue weighted by Crippen LogP contribution is -2.43. The van der Waals surface area contributed by atoms with E-state index in [4.69, 9.17) is 16.7 Å². The predicted octanol–water partition coefficient (Wildman–Crippen LogP) is 2.34. The minimum absolute atomic E-state index is 0. The SMILES string of the molecule is CC(NC(=O)CN(C)C(C)C(=O)O)c1ccc(Cl)cc1.Cl. The molecule has 0 aliphatic heterocycles. The molecule has 1 rings (SSSR count). The third-order valence-corrected chi connectivity index (χ3v) is 3.41. The van der Waals surface area contributed by atoms with E-state index < -0.39 is 12.0 Å². The zero-order valence-electron chi connectivity index (χ0n) is 12.2. The van der Waals surface area contributed by atoms with Crippen molar-refractivity contribution in [1.29, 1.82) is 0 Å². The molecule has 0 spiro atoms. The molecule has 5 nitrogen and oxygen atoms in total. The maximum atomic E-state index is 11.9. The third-order valence-electron chi connectivity index (χ3n) is 3.16. The number of hydrogen-bond donors (Lipinski definition) is 2. The Labute approximate surface area is 135 Å². The van der Waals surface area contributed by atoms with Crippen LogP contribution in [0.2, 0.25) is 5.02 Å². The molecule has 2 N–H and O–H groups in total. The fourth-order valence-corrected chi connectivity index (χ4v) is 1.80. The van der Waals surface area contributed by atoms with Crippen LogP contribution < -0.4 is 5.32 Å². The summed E-state index contributed by atoms with van der Waals surface area (Å²) in [5.41, 5.74) is 0.941. The van der Waals surface area contributed by atoms with E-state index in [-0.39, 0.29) is 30.9 Å². The van der Waals surface area contributed by atoms with E-state index in [0.29, 0.717) is 5.02 Å². The average Bonchev–Trinajstić information content (AvgIpc) is 2.37. The van der Waals surface area contributed by atoms with E-state index in [0.717, 1.165) is 5.56 Å². The molecule has 7 heteroatoms. The molecule has 0 bridgehead atoms. The van der Waals surface area contributed by atoms with Gasteiger partial charge in [0.2, 0.25) is 5.91 Å². The Morgan fingerprint density at radius 2 is 1.81 bits per heavy atom. The van der Waals surface area contributed by atoms with Crippen molar-refractivity contribution in [3.63, 3.8) is 0 Å². The fourth-order valence-electron chi connectivity index (χ4n) is 1.67. The zero-order valence-corrected chi connectivity index (χ0v) is 13.7. The second-order valence-electron chi connectivity index (χ2n) is 4.77. The van der Waals surface area contributed by atoms with Gasteiger partial charge in [0.25, 0.3) is 0 Å². The molecule has 0 saturated carbocycles. The molecule has 0 aliphatic rings. The van der Waals surface area contributed by atoms with Gasteiger partial charge in [-0.3, -0.25) is 14.5 Å². The molecule has 0 aromatic heterocycles. The highest BCUT2D eigenvalue weighted by Gasteiger charge is 2.19. The van der Waals surface area contributed by atoms with Crippen LogP contribution in [0.25, 0.3) is 0 Å². The quantitative estimate of drug-likeness (QED) is 0.837. The summed E-state index contributed by atoms with van der Waals surface area (Å²) in [5.74, 6) is -1.17. The molecule has 0 aliphatic carbocycles. The van der Waals surface area contributed by atoms with Crippen molar-refractivity contribution in [1.82, 2.24) is 10.2 Å². The second-order valence-corrected chi connectivity index (χ2v) is 5.21. The van der Waals surface area contributed by atoms with Gasteiger partial charge >= 0.3 is 5.97 Å². The Morgan fingerprint density at radius 3 is 2.29 bits per heavy atom. The molecule has 1 amide bonds. The lowest BCUT2D eigenvalue weighted by Gasteiger charge is -2.22. The van der Waals surface area contributed by atoms with Crippen LogP contribution >= 0.6 is 24.0 Å². The maximum absolute atomic E-state index is 11.9. The topological polar surface area (TPSA) is 69.6 Å². The first kappa shape index (κ1) is 19.7. The Balaban J connectivity index is 0.00000400. The first-order chi connectivity index (χ1) is 9.31. The molecular weight excluding hydrogens is 315 g/mol. The summed E-state index contributed by atoms with van der Waals surface area (Å²) in [4.78, 5) is 24.1. The van der Waals surface area contributed by atoms with Crippen molar-refractivity contribution in [3.8, 4) is 0 Å². The molecular formula is C14H20Cl2N2O3. The van der Waals surface area contributed by atoms with Crippen LogP contribution in [-0.2, 0) is 9.59 Å². The number of halogens is 2. The molecule has 2 atom stereocenters. The summed E-state index contributed by atoms with van der Waals surface area (Å²) in [6, 6.07) is 6.35. The molecule has 21 heavy (non-hydrogen) atoms. The second kappa shape index (κ2) is 8.87. The smallest absolute Gasteiger partial charge is 0.320 e. The minimum Gasteiger partial charge on any atom is -0.480 e. The van der Waals surface area contributed by atoms with Crippen molar-refractivity contribution in [2.75, 3.05) is 13.6 Å². The molecule has 118 valence electrons. The van der Waals surface area contributed by atoms with Crippen LogP contribution in [0.1, 0.15) is 25.5 Å². The first-order valence-electron chi connectivity index (χ1n) is 6.29. The van der Waals surface area contributed by atoms with Crippen molar-refractivity contribution >= 4 is 35.9 Å². The van der Waals surface area contributed by atoms with Gasteiger partial charge in [-0.15, -0.1) is 12.4 Å². The monoisotopic (exact) mass is 334 g/mol. The number of nitrogens with one attached hydrogen (secondary N) is 1. The summed E-state index contributed by atoms with van der Waals surface area (Å²) in [5, 5.41) is 12.3. The Bertz CT molecular complexity index is 480. The lowest BCUT2D eigenvalue weighted by molar-refractivity contribution is -0.142. The molecule has 0 heterocycles. The Kier molecular flexibility index (Phi) is 8.32. The summed E-state index contributed by atoms with van der Waals surface area (Å²) < 4.78 is 0. The number of carbonyl (C=O) groups is 2. The van der Waals surface area contributed by atoms with Gasteiger partial charge in [0.05, 0.1) is 12.6 Å². The Morgan fingerprint density at radius 1 is 1.29 bits per heavy atom. The van der Waals surface area contributed by atoms with Gasteiger partial charge in [-0.1, -0.05) is 23.7 Å². The van der Waals surface area contributed by atoms with Gasteiger partial charge in [0.15, 0.2) is 0 Å². The van der Waals surface area contributed by atoms with Crippen molar-refractivity contribution in [2.24, 2.45) is 0 Å². The van der Waals surface area contributed by atoms with Gasteiger partial charge in [-0.25, -0.2) is 0 Å². The van der Waals surface area contributed by atoms with Crippen LogP contribution in [-0.4, -0.2) is 41.5 Å². The summed E-state index contributed by atoms with van der Waals surface area (Å²) in [6.45, 7) is 3.44. The number of benzene rings is 1. The molecule has 0 fully saturated rings. The number of aliphatic carboxylic acids is 1. The number of hydrogen-bond acceptors (Lipinski definition) is 3. The van der Waals surface area contributed by atoms with Crippen LogP contribution in [0.3, 0.4) is 0 Å². The fraction of sp³-hybridized carbons (Fsp3) is 0.429. The standard InChI is InChI=1S/C14H19ClN2O3.ClH/c1-9(11-4-6-12(15)7-5-11)16-13(18)8-17(3)10(2)14(19)20;/h4-7,9-10H,8H2,1-3H3,(H,16,18)(H,19,20);1H. The molecule has 2 unspecified atom stereocenters. The van der Waals surface area contributed by atoms with Crippen molar-refractivity contribution in [2.45, 2.75) is 25.9 Å². The van der Waals surface area contributed by atoms with Gasteiger partial charge in [0.1, 0.15) is 6.04 Å². The van der Waals surface area contributed by atoms with Crippen LogP contribution in [0.15, 0.2) is 24.3 Å². The molecule has 1 aromatic carbocycles. The predicted molar refractivity (Wildman–Crippen MR) is 85.0 cm³/mol. The number of carbonyl (C=O) groups excluding carboxylic acids is 1. The zero-order chi connectivity index (χ0) is 15.3. The first-order valence-corrected chi connectivity index (χ1v) is 6.67. The summed E-state index contributed by atoms with van der Waals surface area (Å²) >= 11 is 5.81. The van der Waals surface area contributed by atoms with Gasteiger partial charge in [-0.2, -0.15) is 0 Å². The summed E-state index contributed by atoms with van der Waals surface area (Å²) in [6.07, 6.45) is 0. The van der Waals surface area contributed by atoms with Crippen molar-refractivity contribution < 1.29 is 14.7 Å². The van der Waals surface area contributed by atoms with Gasteiger partial charge < -0.3 is 10.4 Å². The molecule has 0 radical (unpaired) electrons. The van der Waals surface area contributed by atoms with E-state index in [9.17, 15) is 9.59 Å². The Hall–Kier alpha value is -1.30. The van der Waals surface area contributed by atoms with Gasteiger partial charge in [-0.05, 0) is 38.6 Å². The van der Waals surface area contributed by atoms with E-state index >= 15 is 0 Å². The highest BCUT2D eigenvalue weighted by atomic mass is 35.5. The number of nitrogens with zero attached hydrogens (tertiary/aromatic N) is 1. The normalized spacial score (nSPS) is 13.2. The number of amides is 1. The number of likely N-dealkylation sites (N-methyl/N-ethyl adjacent to an activating group) is 1. The largest absolute Gasteiger partial charge is 0.480 e. The van der Waals surface area contributed by atoms with E-state index in [1.165, 1.54) is 11.8 Å². The van der Waals surface area contributed by atoms with Crippen LogP contribution in [0.5, 0.6) is 0 Å². The van der Waals surface area contributed by atoms with Crippen molar-refractivity contribution in [3.05, 3.63) is 34.9 Å². The van der Waals surface area contributed by atoms with E-state index in [2.05, 4.69) is 5.32 Å². The number of carboxylic acids is 1.